The van der Waals surface area contributed by atoms with E-state index in [1.54, 1.807) is 0 Å². The molecule has 0 saturated carbocycles. The Kier molecular flexibility index (Phi) is 4.86. The average molecular weight is 310 g/mol. The Bertz CT molecular complexity index is 547. The first kappa shape index (κ1) is 17.0. The lowest BCUT2D eigenvalue weighted by Crippen LogP contribution is -2.32. The first-order chi connectivity index (χ1) is 8.98. The van der Waals surface area contributed by atoms with Gasteiger partial charge in [-0.15, -0.1) is 0 Å². The molecule has 0 saturated heterocycles. The quantitative estimate of drug-likeness (QED) is 0.930. The summed E-state index contributed by atoms with van der Waals surface area (Å²) >= 11 is 0. The molecule has 1 aromatic rings. The van der Waals surface area contributed by atoms with Gasteiger partial charge in [0.1, 0.15) is 0 Å². The van der Waals surface area contributed by atoms with E-state index in [-0.39, 0.29) is 5.56 Å². The third-order valence-corrected chi connectivity index (χ3v) is 6.09. The highest BCUT2D eigenvalue weighted by atomic mass is 32.2. The van der Waals surface area contributed by atoms with Crippen molar-refractivity contribution in [2.75, 3.05) is 0 Å². The van der Waals surface area contributed by atoms with Gasteiger partial charge in [0, 0.05) is 0 Å². The van der Waals surface area contributed by atoms with E-state index in [0.717, 1.165) is 24.3 Å². The van der Waals surface area contributed by atoms with Gasteiger partial charge in [0.2, 0.25) is 0 Å². The second-order valence-electron chi connectivity index (χ2n) is 4.80. The van der Waals surface area contributed by atoms with Crippen LogP contribution in [0.1, 0.15) is 37.1 Å². The number of hydrogen-bond donors (Lipinski definition) is 1. The largest absolute Gasteiger partial charge is 0.416 e. The summed E-state index contributed by atoms with van der Waals surface area (Å²) in [6, 6.07) is 4.02. The number of aliphatic hydroxyl groups is 1. The molecule has 1 N–H and O–H groups in total. The first-order valence-corrected chi connectivity index (χ1v) is 7.66. The smallest absolute Gasteiger partial charge is 0.392 e. The summed E-state index contributed by atoms with van der Waals surface area (Å²) in [5, 5.41) is 7.41. The molecular weight excluding hydrogens is 293 g/mol. The van der Waals surface area contributed by atoms with E-state index >= 15 is 0 Å². The summed E-state index contributed by atoms with van der Waals surface area (Å²) in [7, 11) is -3.67. The molecule has 20 heavy (non-hydrogen) atoms. The Balaban J connectivity index is 3.07. The molecule has 0 radical (unpaired) electrons. The molecule has 0 aliphatic rings. The lowest BCUT2D eigenvalue weighted by atomic mass is 10.1. The fraction of sp³-hybridized carbons (Fsp3) is 0.538. The fourth-order valence-electron chi connectivity index (χ4n) is 1.73. The van der Waals surface area contributed by atoms with Crippen LogP contribution in [0.15, 0.2) is 24.3 Å². The fourth-order valence-corrected chi connectivity index (χ4v) is 3.46. The highest BCUT2D eigenvalue weighted by Gasteiger charge is 2.33. The van der Waals surface area contributed by atoms with Crippen LogP contribution in [0, 0.1) is 0 Å². The van der Waals surface area contributed by atoms with Crippen LogP contribution in [-0.4, -0.2) is 24.9 Å². The Labute approximate surface area is 116 Å². The van der Waals surface area contributed by atoms with Gasteiger partial charge >= 0.3 is 6.18 Å². The summed E-state index contributed by atoms with van der Waals surface area (Å²) in [4.78, 5) is 0. The SMILES string of the molecule is C[C@H](O)[C@H](C)S(=O)(=O)[C@@H](C)c1ccc(C(F)(F)F)cc1. The van der Waals surface area contributed by atoms with Crippen LogP contribution < -0.4 is 0 Å². The number of halogens is 3. The van der Waals surface area contributed by atoms with Gasteiger partial charge in [0.15, 0.2) is 9.84 Å². The van der Waals surface area contributed by atoms with Crippen LogP contribution in [0.3, 0.4) is 0 Å². The molecule has 0 heterocycles. The summed E-state index contributed by atoms with van der Waals surface area (Å²) < 4.78 is 61.7. The lowest BCUT2D eigenvalue weighted by molar-refractivity contribution is -0.137. The predicted molar refractivity (Wildman–Crippen MR) is 69.9 cm³/mol. The van der Waals surface area contributed by atoms with Gasteiger partial charge in [-0.2, -0.15) is 13.2 Å². The molecule has 7 heteroatoms. The number of hydrogen-bond acceptors (Lipinski definition) is 3. The van der Waals surface area contributed by atoms with Crippen molar-refractivity contribution in [1.82, 2.24) is 0 Å². The summed E-state index contributed by atoms with van der Waals surface area (Å²) in [6.07, 6.45) is -5.50. The van der Waals surface area contributed by atoms with E-state index in [1.165, 1.54) is 20.8 Å². The normalized spacial score (nSPS) is 17.6. The summed E-state index contributed by atoms with van der Waals surface area (Å²) in [5.41, 5.74) is -0.556. The number of rotatable bonds is 4. The number of aliphatic hydroxyl groups excluding tert-OH is 1. The third-order valence-electron chi connectivity index (χ3n) is 3.40. The van der Waals surface area contributed by atoms with Crippen molar-refractivity contribution in [3.05, 3.63) is 35.4 Å². The molecule has 0 bridgehead atoms. The summed E-state index contributed by atoms with van der Waals surface area (Å²) in [5.74, 6) is 0. The lowest BCUT2D eigenvalue weighted by Gasteiger charge is -2.21. The van der Waals surface area contributed by atoms with Gasteiger partial charge in [0.05, 0.1) is 22.2 Å². The van der Waals surface area contributed by atoms with Gasteiger partial charge in [-0.25, -0.2) is 8.42 Å². The highest BCUT2D eigenvalue weighted by Crippen LogP contribution is 2.32. The number of sulfone groups is 1. The van der Waals surface area contributed by atoms with Crippen LogP contribution in [0.25, 0.3) is 0 Å². The van der Waals surface area contributed by atoms with Gasteiger partial charge < -0.3 is 5.11 Å². The van der Waals surface area contributed by atoms with Crippen LogP contribution in [0.4, 0.5) is 13.2 Å². The van der Waals surface area contributed by atoms with E-state index in [2.05, 4.69) is 0 Å². The Morgan fingerprint density at radius 2 is 1.50 bits per heavy atom. The monoisotopic (exact) mass is 310 g/mol. The van der Waals surface area contributed by atoms with Crippen molar-refractivity contribution in [2.45, 2.75) is 43.6 Å². The van der Waals surface area contributed by atoms with E-state index < -0.39 is 38.2 Å². The second-order valence-corrected chi connectivity index (χ2v) is 7.43. The van der Waals surface area contributed by atoms with Crippen LogP contribution >= 0.6 is 0 Å². The molecule has 3 nitrogen and oxygen atoms in total. The Morgan fingerprint density at radius 1 is 1.05 bits per heavy atom. The van der Waals surface area contributed by atoms with Gasteiger partial charge in [0.25, 0.3) is 0 Å². The Hall–Kier alpha value is -1.08. The molecule has 0 aliphatic carbocycles. The minimum atomic E-state index is -4.45. The maximum Gasteiger partial charge on any atom is 0.416 e. The first-order valence-electron chi connectivity index (χ1n) is 6.06. The summed E-state index contributed by atoms with van der Waals surface area (Å²) in [6.45, 7) is 4.14. The molecule has 114 valence electrons. The topological polar surface area (TPSA) is 54.4 Å². The van der Waals surface area contributed by atoms with Crippen molar-refractivity contribution in [3.8, 4) is 0 Å². The zero-order valence-corrected chi connectivity index (χ0v) is 12.2. The number of benzene rings is 1. The highest BCUT2D eigenvalue weighted by molar-refractivity contribution is 7.92. The zero-order chi connectivity index (χ0) is 15.7. The van der Waals surface area contributed by atoms with E-state index in [1.807, 2.05) is 0 Å². The van der Waals surface area contributed by atoms with Crippen LogP contribution in [0.2, 0.25) is 0 Å². The average Bonchev–Trinajstić information content (AvgIpc) is 2.35. The molecule has 0 unspecified atom stereocenters. The van der Waals surface area contributed by atoms with Crippen LogP contribution in [0.5, 0.6) is 0 Å². The number of alkyl halides is 3. The van der Waals surface area contributed by atoms with Gasteiger partial charge in [-0.1, -0.05) is 12.1 Å². The molecule has 1 aromatic carbocycles. The van der Waals surface area contributed by atoms with Crippen molar-refractivity contribution in [2.24, 2.45) is 0 Å². The second kappa shape index (κ2) is 5.73. The third kappa shape index (κ3) is 3.52. The standard InChI is InChI=1S/C13H17F3O3S/c1-8(17)9(2)20(18,19)10(3)11-4-6-12(7-5-11)13(14,15)16/h4-10,17H,1-3H3/t8-,9-,10-/m0/s1. The van der Waals surface area contributed by atoms with Crippen LogP contribution in [-0.2, 0) is 16.0 Å². The Morgan fingerprint density at radius 3 is 1.85 bits per heavy atom. The molecule has 0 amide bonds. The van der Waals surface area contributed by atoms with Crippen molar-refractivity contribution in [3.63, 3.8) is 0 Å². The molecular formula is C13H17F3O3S. The molecule has 3 atom stereocenters. The molecule has 1 rings (SSSR count). The maximum absolute atomic E-state index is 12.4. The zero-order valence-electron chi connectivity index (χ0n) is 11.3. The van der Waals surface area contributed by atoms with E-state index in [0.29, 0.717) is 0 Å². The van der Waals surface area contributed by atoms with Crippen molar-refractivity contribution in [1.29, 1.82) is 0 Å². The molecule has 0 aliphatic heterocycles. The molecule has 0 aromatic heterocycles. The molecule has 0 spiro atoms. The van der Waals surface area contributed by atoms with Gasteiger partial charge in [-0.05, 0) is 38.5 Å². The molecule has 0 fully saturated rings. The minimum Gasteiger partial charge on any atom is -0.392 e. The van der Waals surface area contributed by atoms with Gasteiger partial charge in [-0.3, -0.25) is 0 Å². The van der Waals surface area contributed by atoms with Crippen molar-refractivity contribution >= 4 is 9.84 Å². The van der Waals surface area contributed by atoms with Crippen molar-refractivity contribution < 1.29 is 26.7 Å². The van der Waals surface area contributed by atoms with E-state index in [4.69, 9.17) is 0 Å². The van der Waals surface area contributed by atoms with E-state index in [9.17, 15) is 26.7 Å². The maximum atomic E-state index is 12.4. The predicted octanol–water partition coefficient (Wildman–Crippen LogP) is 2.95. The minimum absolute atomic E-state index is 0.269.